The van der Waals surface area contributed by atoms with Crippen molar-refractivity contribution in [2.75, 3.05) is 13.2 Å². The summed E-state index contributed by atoms with van der Waals surface area (Å²) >= 11 is 0. The topological polar surface area (TPSA) is 82.1 Å². The second-order valence-electron chi connectivity index (χ2n) is 6.24. The Balaban J connectivity index is 2.22. The minimum Gasteiger partial charge on any atom is -0.427 e. The molecular weight excluding hydrogens is 278 g/mol. The fourth-order valence-corrected chi connectivity index (χ4v) is 1.58. The fourth-order valence-electron chi connectivity index (χ4n) is 1.58. The molecule has 120 valence electrons. The number of carbonyl (C=O) groups excluding carboxylic acids is 3. The molecule has 2 amide bonds. The van der Waals surface area contributed by atoms with Crippen LogP contribution in [-0.4, -0.2) is 42.4 Å². The first kappa shape index (κ1) is 17.4. The molecule has 7 nitrogen and oxygen atoms in total. The minimum absolute atomic E-state index is 0.0532. The highest BCUT2D eigenvalue weighted by Gasteiger charge is 2.33. The zero-order chi connectivity index (χ0) is 16.0. The molecule has 0 radical (unpaired) electrons. The van der Waals surface area contributed by atoms with Gasteiger partial charge in [0.05, 0.1) is 6.61 Å². The summed E-state index contributed by atoms with van der Waals surface area (Å²) in [5.41, 5.74) is 0.180. The van der Waals surface area contributed by atoms with E-state index in [1.54, 1.807) is 6.92 Å². The standard InChI is InChI=1S/C14H23NO6/c1-10(9-19-8-7-14(2,3)4)20-13(18)21-15-11(16)5-6-12(15)17/h10H,5-9H2,1-4H3. The smallest absolute Gasteiger partial charge is 0.427 e. The summed E-state index contributed by atoms with van der Waals surface area (Å²) in [4.78, 5) is 38.5. The lowest BCUT2D eigenvalue weighted by atomic mass is 9.93. The third kappa shape index (κ3) is 6.57. The van der Waals surface area contributed by atoms with Crippen molar-refractivity contribution in [1.29, 1.82) is 0 Å². The van der Waals surface area contributed by atoms with Gasteiger partial charge in [-0.05, 0) is 18.8 Å². The number of carbonyl (C=O) groups is 3. The lowest BCUT2D eigenvalue weighted by molar-refractivity contribution is -0.179. The summed E-state index contributed by atoms with van der Waals surface area (Å²) in [6, 6.07) is 0. The largest absolute Gasteiger partial charge is 0.534 e. The summed E-state index contributed by atoms with van der Waals surface area (Å²) in [5.74, 6) is -1.07. The predicted molar refractivity (Wildman–Crippen MR) is 73.0 cm³/mol. The molecule has 1 aliphatic heterocycles. The average molecular weight is 301 g/mol. The number of amides is 2. The van der Waals surface area contributed by atoms with Crippen LogP contribution < -0.4 is 0 Å². The summed E-state index contributed by atoms with van der Waals surface area (Å²) in [5, 5.41) is 0.454. The van der Waals surface area contributed by atoms with Crippen molar-refractivity contribution < 1.29 is 28.7 Å². The second-order valence-corrected chi connectivity index (χ2v) is 6.24. The number of hydrogen-bond donors (Lipinski definition) is 0. The molecule has 0 aromatic heterocycles. The van der Waals surface area contributed by atoms with E-state index in [-0.39, 0.29) is 24.9 Å². The molecule has 1 heterocycles. The van der Waals surface area contributed by atoms with Crippen LogP contribution in [0.1, 0.15) is 47.0 Å². The quantitative estimate of drug-likeness (QED) is 0.424. The van der Waals surface area contributed by atoms with Gasteiger partial charge in [-0.2, -0.15) is 0 Å². The van der Waals surface area contributed by atoms with Gasteiger partial charge in [-0.3, -0.25) is 14.4 Å². The fraction of sp³-hybridized carbons (Fsp3) is 0.786. The molecule has 0 aromatic rings. The van der Waals surface area contributed by atoms with Gasteiger partial charge in [0.2, 0.25) is 0 Å². The predicted octanol–water partition coefficient (Wildman–Crippen LogP) is 2.04. The van der Waals surface area contributed by atoms with Gasteiger partial charge in [-0.15, -0.1) is 0 Å². The Morgan fingerprint density at radius 3 is 2.33 bits per heavy atom. The van der Waals surface area contributed by atoms with Crippen LogP contribution in [-0.2, 0) is 23.9 Å². The third-order valence-electron chi connectivity index (χ3n) is 2.82. The van der Waals surface area contributed by atoms with Crippen LogP contribution in [0.15, 0.2) is 0 Å². The molecule has 0 spiro atoms. The van der Waals surface area contributed by atoms with Gasteiger partial charge in [-0.25, -0.2) is 4.79 Å². The Labute approximate surface area is 124 Å². The van der Waals surface area contributed by atoms with Crippen LogP contribution in [0.2, 0.25) is 0 Å². The molecule has 21 heavy (non-hydrogen) atoms. The highest BCUT2D eigenvalue weighted by atomic mass is 16.8. The number of hydrogen-bond acceptors (Lipinski definition) is 6. The minimum atomic E-state index is -1.08. The SMILES string of the molecule is CC(COCCC(C)(C)C)OC(=O)ON1C(=O)CCC1=O. The highest BCUT2D eigenvalue weighted by molar-refractivity contribution is 6.01. The molecule has 1 saturated heterocycles. The van der Waals surface area contributed by atoms with Crippen LogP contribution in [0, 0.1) is 5.41 Å². The van der Waals surface area contributed by atoms with Crippen molar-refractivity contribution in [3.63, 3.8) is 0 Å². The van der Waals surface area contributed by atoms with Crippen molar-refractivity contribution >= 4 is 18.0 Å². The van der Waals surface area contributed by atoms with E-state index in [0.717, 1.165) is 6.42 Å². The molecule has 0 aromatic carbocycles. The zero-order valence-corrected chi connectivity index (χ0v) is 13.0. The normalized spacial score (nSPS) is 17.0. The van der Waals surface area contributed by atoms with Gasteiger partial charge in [0.15, 0.2) is 0 Å². The van der Waals surface area contributed by atoms with Crippen molar-refractivity contribution in [3.8, 4) is 0 Å². The molecule has 1 atom stereocenters. The van der Waals surface area contributed by atoms with Crippen LogP contribution in [0.25, 0.3) is 0 Å². The van der Waals surface area contributed by atoms with Crippen molar-refractivity contribution in [2.24, 2.45) is 5.41 Å². The first-order valence-electron chi connectivity index (χ1n) is 7.01. The summed E-state index contributed by atoms with van der Waals surface area (Å²) in [7, 11) is 0. The first-order chi connectivity index (χ1) is 9.69. The molecule has 1 unspecified atom stereocenters. The molecule has 1 rings (SSSR count). The van der Waals surface area contributed by atoms with E-state index in [9.17, 15) is 14.4 Å². The zero-order valence-electron chi connectivity index (χ0n) is 13.0. The number of nitrogens with zero attached hydrogens (tertiary/aromatic N) is 1. The maximum absolute atomic E-state index is 11.4. The number of imide groups is 1. The maximum atomic E-state index is 11.4. The number of hydroxylamine groups is 2. The van der Waals surface area contributed by atoms with E-state index in [1.165, 1.54) is 0 Å². The van der Waals surface area contributed by atoms with E-state index >= 15 is 0 Å². The lowest BCUT2D eigenvalue weighted by Crippen LogP contribution is -2.34. The van der Waals surface area contributed by atoms with Gasteiger partial charge in [0, 0.05) is 19.4 Å². The van der Waals surface area contributed by atoms with Crippen molar-refractivity contribution in [3.05, 3.63) is 0 Å². The van der Waals surface area contributed by atoms with Crippen molar-refractivity contribution in [2.45, 2.75) is 53.1 Å². The molecule has 0 N–H and O–H groups in total. The second kappa shape index (κ2) is 7.40. The van der Waals surface area contributed by atoms with Gasteiger partial charge < -0.3 is 9.47 Å². The third-order valence-corrected chi connectivity index (χ3v) is 2.82. The van der Waals surface area contributed by atoms with Crippen LogP contribution in [0.3, 0.4) is 0 Å². The highest BCUT2D eigenvalue weighted by Crippen LogP contribution is 2.18. The van der Waals surface area contributed by atoms with E-state index in [4.69, 9.17) is 9.47 Å². The molecule has 0 bridgehead atoms. The first-order valence-corrected chi connectivity index (χ1v) is 7.01. The molecule has 1 aliphatic rings. The monoisotopic (exact) mass is 301 g/mol. The van der Waals surface area contributed by atoms with E-state index in [2.05, 4.69) is 25.6 Å². The Morgan fingerprint density at radius 2 is 1.81 bits per heavy atom. The molecule has 0 saturated carbocycles. The Hall–Kier alpha value is -1.63. The van der Waals surface area contributed by atoms with Crippen LogP contribution >= 0.6 is 0 Å². The van der Waals surface area contributed by atoms with Crippen LogP contribution in [0.5, 0.6) is 0 Å². The Bertz CT molecular complexity index is 385. The molecule has 7 heteroatoms. The Kier molecular flexibility index (Phi) is 6.14. The molecule has 0 aliphatic carbocycles. The van der Waals surface area contributed by atoms with Gasteiger partial charge in [0.1, 0.15) is 6.10 Å². The van der Waals surface area contributed by atoms with E-state index < -0.39 is 24.1 Å². The van der Waals surface area contributed by atoms with Gasteiger partial charge in [0.25, 0.3) is 11.8 Å². The lowest BCUT2D eigenvalue weighted by Gasteiger charge is -2.19. The summed E-state index contributed by atoms with van der Waals surface area (Å²) in [6.45, 7) is 8.77. The summed E-state index contributed by atoms with van der Waals surface area (Å²) in [6.07, 6.45) is -0.605. The maximum Gasteiger partial charge on any atom is 0.534 e. The number of rotatable bonds is 6. The van der Waals surface area contributed by atoms with Gasteiger partial charge in [-0.1, -0.05) is 25.8 Å². The summed E-state index contributed by atoms with van der Waals surface area (Å²) < 4.78 is 10.3. The molecular formula is C14H23NO6. The molecule has 1 fully saturated rings. The van der Waals surface area contributed by atoms with Crippen molar-refractivity contribution in [1.82, 2.24) is 5.06 Å². The van der Waals surface area contributed by atoms with E-state index in [0.29, 0.717) is 11.7 Å². The van der Waals surface area contributed by atoms with Gasteiger partial charge >= 0.3 is 6.16 Å². The Morgan fingerprint density at radius 1 is 1.24 bits per heavy atom. The van der Waals surface area contributed by atoms with Crippen LogP contribution in [0.4, 0.5) is 4.79 Å². The average Bonchev–Trinajstić information content (AvgIpc) is 2.65. The number of ether oxygens (including phenoxy) is 2. The van der Waals surface area contributed by atoms with E-state index in [1.807, 2.05) is 0 Å².